The maximum atomic E-state index is 5.73. The number of rotatable bonds is 2. The van der Waals surface area contributed by atoms with Crippen LogP contribution in [0.1, 0.15) is 19.9 Å². The molecule has 0 spiro atoms. The summed E-state index contributed by atoms with van der Waals surface area (Å²) in [5, 5.41) is 3.87. The van der Waals surface area contributed by atoms with Gasteiger partial charge in [0.2, 0.25) is 0 Å². The minimum absolute atomic E-state index is 0.430. The monoisotopic (exact) mass is 257 g/mol. The van der Waals surface area contributed by atoms with E-state index in [1.54, 1.807) is 0 Å². The van der Waals surface area contributed by atoms with Gasteiger partial charge < -0.3 is 10.3 Å². The molecule has 2 aromatic heterocycles. The van der Waals surface area contributed by atoms with Crippen LogP contribution in [-0.2, 0) is 0 Å². The van der Waals surface area contributed by atoms with E-state index < -0.39 is 0 Å². The number of nitrogens with two attached hydrogens (primary N) is 1. The Morgan fingerprint density at radius 3 is 2.72 bits per heavy atom. The van der Waals surface area contributed by atoms with E-state index in [1.165, 1.54) is 22.2 Å². The van der Waals surface area contributed by atoms with E-state index in [9.17, 15) is 0 Å². The fraction of sp³-hybridized carbons (Fsp3) is 0.214. The number of benzene rings is 1. The number of hydrogen-bond donors (Lipinski definition) is 1. The minimum atomic E-state index is 0.430. The first-order chi connectivity index (χ1) is 8.66. The molecule has 92 valence electrons. The average molecular weight is 257 g/mol. The Hall–Kier alpha value is -1.81. The van der Waals surface area contributed by atoms with E-state index in [-0.39, 0.29) is 0 Å². The second-order valence-electron chi connectivity index (χ2n) is 4.63. The third-order valence-corrected chi connectivity index (χ3v) is 3.77. The Bertz CT molecular complexity index is 694. The van der Waals surface area contributed by atoms with E-state index in [0.717, 1.165) is 11.3 Å². The highest BCUT2D eigenvalue weighted by Gasteiger charge is 2.13. The van der Waals surface area contributed by atoms with Gasteiger partial charge in [0.25, 0.3) is 0 Å². The first-order valence-electron chi connectivity index (χ1n) is 5.98. The molecular weight excluding hydrogens is 242 g/mol. The van der Waals surface area contributed by atoms with E-state index in [0.29, 0.717) is 11.2 Å². The first-order valence-corrected chi connectivity index (χ1v) is 6.85. The predicted molar refractivity (Wildman–Crippen MR) is 77.8 cm³/mol. The van der Waals surface area contributed by atoms with Gasteiger partial charge in [-0.25, -0.2) is 4.98 Å². The Balaban J connectivity index is 2.30. The van der Waals surface area contributed by atoms with Crippen molar-refractivity contribution in [2.75, 3.05) is 5.73 Å². The molecule has 18 heavy (non-hydrogen) atoms. The van der Waals surface area contributed by atoms with Crippen molar-refractivity contribution in [1.82, 2.24) is 9.55 Å². The number of para-hydroxylation sites is 1. The highest BCUT2D eigenvalue weighted by atomic mass is 32.1. The molecule has 0 bridgehead atoms. The van der Waals surface area contributed by atoms with Crippen molar-refractivity contribution >= 4 is 27.4 Å². The van der Waals surface area contributed by atoms with Gasteiger partial charge in [0.15, 0.2) is 5.13 Å². The van der Waals surface area contributed by atoms with Crippen molar-refractivity contribution < 1.29 is 0 Å². The molecule has 0 aliphatic carbocycles. The maximum Gasteiger partial charge on any atom is 0.180 e. The topological polar surface area (TPSA) is 43.8 Å². The summed E-state index contributed by atoms with van der Waals surface area (Å²) in [4.78, 5) is 4.39. The molecule has 3 rings (SSSR count). The first kappa shape index (κ1) is 11.3. The quantitative estimate of drug-likeness (QED) is 0.756. The molecule has 3 aromatic rings. The summed E-state index contributed by atoms with van der Waals surface area (Å²) in [7, 11) is 0. The van der Waals surface area contributed by atoms with E-state index in [2.05, 4.69) is 53.9 Å². The van der Waals surface area contributed by atoms with Gasteiger partial charge >= 0.3 is 0 Å². The number of hydrogen-bond acceptors (Lipinski definition) is 3. The van der Waals surface area contributed by atoms with Crippen molar-refractivity contribution in [2.45, 2.75) is 19.9 Å². The molecule has 0 saturated heterocycles. The molecule has 0 saturated carbocycles. The zero-order valence-electron chi connectivity index (χ0n) is 10.4. The molecule has 0 unspecified atom stereocenters. The third kappa shape index (κ3) is 1.69. The second kappa shape index (κ2) is 4.14. The Labute approximate surface area is 110 Å². The molecule has 0 aliphatic rings. The van der Waals surface area contributed by atoms with Crippen LogP contribution >= 0.6 is 11.3 Å². The lowest BCUT2D eigenvalue weighted by molar-refractivity contribution is 0.623. The summed E-state index contributed by atoms with van der Waals surface area (Å²) < 4.78 is 2.28. The highest BCUT2D eigenvalue weighted by Crippen LogP contribution is 2.33. The summed E-state index contributed by atoms with van der Waals surface area (Å²) in [5.74, 6) is 0. The second-order valence-corrected chi connectivity index (χ2v) is 5.52. The molecular formula is C14H15N3S. The number of fused-ring (bicyclic) bond motifs is 1. The van der Waals surface area contributed by atoms with Crippen LogP contribution < -0.4 is 5.73 Å². The van der Waals surface area contributed by atoms with Gasteiger partial charge in [0.1, 0.15) is 0 Å². The molecule has 0 radical (unpaired) electrons. The van der Waals surface area contributed by atoms with Crippen LogP contribution in [0.15, 0.2) is 35.8 Å². The molecule has 0 amide bonds. The number of anilines is 1. The largest absolute Gasteiger partial charge is 0.375 e. The number of nitrogen functional groups attached to an aromatic ring is 1. The minimum Gasteiger partial charge on any atom is -0.375 e. The van der Waals surface area contributed by atoms with Crippen molar-refractivity contribution in [2.24, 2.45) is 0 Å². The SMILES string of the molecule is CC(C)n1cc(-c2csc(N)n2)c2ccccc21. The molecule has 2 heterocycles. The van der Waals surface area contributed by atoms with Crippen LogP contribution in [0.5, 0.6) is 0 Å². The van der Waals surface area contributed by atoms with Gasteiger partial charge in [-0.1, -0.05) is 18.2 Å². The highest BCUT2D eigenvalue weighted by molar-refractivity contribution is 7.13. The van der Waals surface area contributed by atoms with Crippen molar-refractivity contribution in [1.29, 1.82) is 0 Å². The summed E-state index contributed by atoms with van der Waals surface area (Å²) >= 11 is 1.48. The fourth-order valence-electron chi connectivity index (χ4n) is 2.25. The van der Waals surface area contributed by atoms with Crippen molar-refractivity contribution in [3.63, 3.8) is 0 Å². The predicted octanol–water partition coefficient (Wildman–Crippen LogP) is 3.93. The maximum absolute atomic E-state index is 5.73. The van der Waals surface area contributed by atoms with Crippen molar-refractivity contribution in [3.05, 3.63) is 35.8 Å². The van der Waals surface area contributed by atoms with Gasteiger partial charge in [-0.2, -0.15) is 0 Å². The normalized spacial score (nSPS) is 11.5. The van der Waals surface area contributed by atoms with E-state index >= 15 is 0 Å². The molecule has 0 fully saturated rings. The van der Waals surface area contributed by atoms with Crippen LogP contribution in [0.2, 0.25) is 0 Å². The number of aromatic nitrogens is 2. The third-order valence-electron chi connectivity index (χ3n) is 3.09. The number of nitrogens with zero attached hydrogens (tertiary/aromatic N) is 2. The summed E-state index contributed by atoms with van der Waals surface area (Å²) in [6, 6.07) is 8.85. The average Bonchev–Trinajstić information content (AvgIpc) is 2.92. The van der Waals surface area contributed by atoms with Gasteiger partial charge in [-0.05, 0) is 19.9 Å². The smallest absolute Gasteiger partial charge is 0.180 e. The van der Waals surface area contributed by atoms with E-state index in [1.807, 2.05) is 5.38 Å². The summed E-state index contributed by atoms with van der Waals surface area (Å²) in [5.41, 5.74) is 9.10. The molecule has 4 heteroatoms. The molecule has 3 nitrogen and oxygen atoms in total. The van der Waals surface area contributed by atoms with Crippen LogP contribution in [-0.4, -0.2) is 9.55 Å². The lowest BCUT2D eigenvalue weighted by atomic mass is 10.1. The lowest BCUT2D eigenvalue weighted by Crippen LogP contribution is -1.97. The van der Waals surface area contributed by atoms with Gasteiger partial charge in [-0.15, -0.1) is 11.3 Å². The molecule has 0 atom stereocenters. The molecule has 0 aliphatic heterocycles. The van der Waals surface area contributed by atoms with Crippen LogP contribution in [0.25, 0.3) is 22.2 Å². The van der Waals surface area contributed by atoms with Gasteiger partial charge in [0.05, 0.1) is 5.69 Å². The molecule has 1 aromatic carbocycles. The Morgan fingerprint density at radius 1 is 1.28 bits per heavy atom. The van der Waals surface area contributed by atoms with Crippen molar-refractivity contribution in [3.8, 4) is 11.3 Å². The van der Waals surface area contributed by atoms with Crippen LogP contribution in [0.4, 0.5) is 5.13 Å². The zero-order chi connectivity index (χ0) is 12.7. The standard InChI is InChI=1S/C14H15N3S/c1-9(2)17-7-11(12-8-18-14(15)16-12)10-5-3-4-6-13(10)17/h3-9H,1-2H3,(H2,15,16). The Morgan fingerprint density at radius 2 is 2.06 bits per heavy atom. The number of thiazole rings is 1. The van der Waals surface area contributed by atoms with Crippen LogP contribution in [0.3, 0.4) is 0 Å². The van der Waals surface area contributed by atoms with E-state index in [4.69, 9.17) is 5.73 Å². The summed E-state index contributed by atoms with van der Waals surface area (Å²) in [6.07, 6.45) is 2.17. The lowest BCUT2D eigenvalue weighted by Gasteiger charge is -2.08. The molecule has 2 N–H and O–H groups in total. The fourth-order valence-corrected chi connectivity index (χ4v) is 2.81. The zero-order valence-corrected chi connectivity index (χ0v) is 11.2. The van der Waals surface area contributed by atoms with Gasteiger partial charge in [-0.3, -0.25) is 0 Å². The van der Waals surface area contributed by atoms with Crippen LogP contribution in [0, 0.1) is 0 Å². The van der Waals surface area contributed by atoms with Gasteiger partial charge in [0, 0.05) is 34.1 Å². The Kier molecular flexibility index (Phi) is 2.59. The summed E-state index contributed by atoms with van der Waals surface area (Å²) in [6.45, 7) is 4.37.